The molecule has 0 unspecified atom stereocenters. The number of aromatic nitrogens is 3. The van der Waals surface area contributed by atoms with Gasteiger partial charge in [0.15, 0.2) is 5.82 Å². The van der Waals surface area contributed by atoms with Crippen molar-refractivity contribution in [2.75, 3.05) is 0 Å². The maximum atomic E-state index is 6.14. The van der Waals surface area contributed by atoms with Crippen molar-refractivity contribution in [3.63, 3.8) is 0 Å². The van der Waals surface area contributed by atoms with E-state index >= 15 is 0 Å². The molecule has 0 bridgehead atoms. The number of imidazole rings is 1. The van der Waals surface area contributed by atoms with E-state index in [2.05, 4.69) is 123 Å². The Bertz CT molecular complexity index is 1820. The van der Waals surface area contributed by atoms with Gasteiger partial charge in [-0.15, -0.1) is 0 Å². The van der Waals surface area contributed by atoms with Crippen molar-refractivity contribution in [3.05, 3.63) is 95.8 Å². The van der Waals surface area contributed by atoms with Crippen LogP contribution in [0.15, 0.2) is 78.9 Å². The van der Waals surface area contributed by atoms with Gasteiger partial charge >= 0.3 is 0 Å². The predicted octanol–water partition coefficient (Wildman–Crippen LogP) is 8.61. The Labute approximate surface area is 223 Å². The van der Waals surface area contributed by atoms with E-state index in [9.17, 15) is 0 Å². The maximum Gasteiger partial charge on any atom is 0.152 e. The zero-order chi connectivity index (χ0) is 26.4. The summed E-state index contributed by atoms with van der Waals surface area (Å²) in [6.45, 7) is 14.2. The summed E-state index contributed by atoms with van der Waals surface area (Å²) in [5.41, 5.74) is 9.52. The molecule has 190 valence electrons. The first-order chi connectivity index (χ1) is 18.1. The summed E-state index contributed by atoms with van der Waals surface area (Å²) in [6, 6.07) is 28.8. The normalized spacial score (nSPS) is 13.6. The van der Waals surface area contributed by atoms with Gasteiger partial charge in [-0.05, 0) is 76.6 Å². The van der Waals surface area contributed by atoms with Crippen molar-refractivity contribution < 1.29 is 4.74 Å². The maximum absolute atomic E-state index is 6.14. The van der Waals surface area contributed by atoms with Crippen LogP contribution in [0.3, 0.4) is 0 Å². The lowest BCUT2D eigenvalue weighted by molar-refractivity contribution is 0.280. The number of para-hydroxylation sites is 2. The van der Waals surface area contributed by atoms with E-state index in [0.717, 1.165) is 34.0 Å². The molecule has 0 saturated heterocycles. The van der Waals surface area contributed by atoms with Crippen molar-refractivity contribution in [3.8, 4) is 17.1 Å². The summed E-state index contributed by atoms with van der Waals surface area (Å²) in [6.07, 6.45) is 0. The van der Waals surface area contributed by atoms with E-state index in [0.29, 0.717) is 6.61 Å². The molecule has 0 spiro atoms. The second-order valence-corrected chi connectivity index (χ2v) is 12.6. The number of hydrogen-bond acceptors (Lipinski definition) is 2. The fourth-order valence-electron chi connectivity index (χ4n) is 5.76. The Morgan fingerprint density at radius 1 is 0.658 bits per heavy atom. The van der Waals surface area contributed by atoms with Gasteiger partial charge in [0, 0.05) is 16.5 Å². The van der Waals surface area contributed by atoms with Crippen LogP contribution in [0.4, 0.5) is 0 Å². The first kappa shape index (κ1) is 23.1. The highest BCUT2D eigenvalue weighted by Crippen LogP contribution is 2.40. The number of benzene rings is 4. The van der Waals surface area contributed by atoms with Gasteiger partial charge in [-0.2, -0.15) is 0 Å². The Morgan fingerprint density at radius 3 is 1.92 bits per heavy atom. The fourth-order valence-corrected chi connectivity index (χ4v) is 5.76. The van der Waals surface area contributed by atoms with Crippen LogP contribution in [-0.4, -0.2) is 14.1 Å². The highest BCUT2D eigenvalue weighted by molar-refractivity contribution is 6.10. The van der Waals surface area contributed by atoms with Gasteiger partial charge in [-0.3, -0.25) is 4.57 Å². The van der Waals surface area contributed by atoms with Crippen LogP contribution in [0.1, 0.15) is 58.5 Å². The molecule has 0 radical (unpaired) electrons. The minimum atomic E-state index is 0.0757. The van der Waals surface area contributed by atoms with Crippen molar-refractivity contribution in [2.24, 2.45) is 0 Å². The monoisotopic (exact) mass is 499 g/mol. The van der Waals surface area contributed by atoms with E-state index < -0.39 is 0 Å². The van der Waals surface area contributed by atoms with Crippen LogP contribution >= 0.6 is 0 Å². The lowest BCUT2D eigenvalue weighted by atomic mass is 9.85. The summed E-state index contributed by atoms with van der Waals surface area (Å²) < 4.78 is 10.8. The number of nitrogens with zero attached hydrogens (tertiary/aromatic N) is 3. The summed E-state index contributed by atoms with van der Waals surface area (Å²) in [4.78, 5) is 4.84. The van der Waals surface area contributed by atoms with Crippen molar-refractivity contribution in [2.45, 2.75) is 59.0 Å². The molecule has 2 aromatic heterocycles. The van der Waals surface area contributed by atoms with Crippen molar-refractivity contribution in [1.29, 1.82) is 0 Å². The molecule has 1 aliphatic heterocycles. The molecule has 0 saturated carbocycles. The standard InChI is InChI=1S/C34H33N3O/c1-33(2,3)21-11-14-27-24(17-21)25-18-22(34(4,5)6)12-15-28(25)36(27)23-13-16-31-30(19-23)37-29-10-8-7-9-26(29)35-32(37)20-38-31/h7-19H,20H2,1-6H3. The first-order valence-electron chi connectivity index (χ1n) is 13.4. The highest BCUT2D eigenvalue weighted by Gasteiger charge is 2.24. The van der Waals surface area contributed by atoms with Crippen LogP contribution in [-0.2, 0) is 17.4 Å². The molecule has 6 aromatic rings. The van der Waals surface area contributed by atoms with Gasteiger partial charge in [0.25, 0.3) is 0 Å². The third-order valence-electron chi connectivity index (χ3n) is 7.93. The molecule has 38 heavy (non-hydrogen) atoms. The summed E-state index contributed by atoms with van der Waals surface area (Å²) in [7, 11) is 0. The average molecular weight is 500 g/mol. The second-order valence-electron chi connectivity index (χ2n) is 12.6. The molecular formula is C34H33N3O. The zero-order valence-corrected chi connectivity index (χ0v) is 23.0. The highest BCUT2D eigenvalue weighted by atomic mass is 16.5. The lowest BCUT2D eigenvalue weighted by Gasteiger charge is -2.22. The summed E-state index contributed by atoms with van der Waals surface area (Å²) in [5.74, 6) is 1.82. The van der Waals surface area contributed by atoms with Gasteiger partial charge in [0.1, 0.15) is 12.4 Å². The molecular weight excluding hydrogens is 466 g/mol. The van der Waals surface area contributed by atoms with E-state index in [1.807, 2.05) is 6.07 Å². The molecule has 4 aromatic carbocycles. The SMILES string of the molecule is CC(C)(C)c1ccc2c(c1)c1cc(C(C)(C)C)ccc1n2-c1ccc2c(c1)-n1c(nc3ccccc31)CO2. The Kier molecular flexibility index (Phi) is 4.70. The molecule has 7 rings (SSSR count). The van der Waals surface area contributed by atoms with E-state index in [1.165, 1.54) is 32.9 Å². The first-order valence-corrected chi connectivity index (χ1v) is 13.4. The largest absolute Gasteiger partial charge is 0.483 e. The van der Waals surface area contributed by atoms with Gasteiger partial charge in [0.05, 0.1) is 27.8 Å². The fraction of sp³-hybridized carbons (Fsp3) is 0.265. The van der Waals surface area contributed by atoms with Crippen LogP contribution in [0.2, 0.25) is 0 Å². The molecule has 1 aliphatic rings. The van der Waals surface area contributed by atoms with Gasteiger partial charge in [-0.1, -0.05) is 65.8 Å². The van der Waals surface area contributed by atoms with Crippen LogP contribution in [0.25, 0.3) is 44.2 Å². The van der Waals surface area contributed by atoms with E-state index in [-0.39, 0.29) is 10.8 Å². The molecule has 0 amide bonds. The van der Waals surface area contributed by atoms with Crippen LogP contribution < -0.4 is 4.74 Å². The van der Waals surface area contributed by atoms with Crippen molar-refractivity contribution >= 4 is 32.8 Å². The second kappa shape index (κ2) is 7.73. The molecule has 4 nitrogen and oxygen atoms in total. The molecule has 0 atom stereocenters. The minimum absolute atomic E-state index is 0.0757. The smallest absolute Gasteiger partial charge is 0.152 e. The summed E-state index contributed by atoms with van der Waals surface area (Å²) in [5, 5.41) is 2.59. The van der Waals surface area contributed by atoms with E-state index in [4.69, 9.17) is 9.72 Å². The third kappa shape index (κ3) is 3.39. The van der Waals surface area contributed by atoms with E-state index in [1.54, 1.807) is 0 Å². The average Bonchev–Trinajstić information content (AvgIpc) is 3.42. The van der Waals surface area contributed by atoms with Crippen LogP contribution in [0.5, 0.6) is 5.75 Å². The number of ether oxygens (including phenoxy) is 1. The topological polar surface area (TPSA) is 32.0 Å². The molecule has 0 fully saturated rings. The van der Waals surface area contributed by atoms with Gasteiger partial charge < -0.3 is 9.30 Å². The third-order valence-corrected chi connectivity index (χ3v) is 7.93. The quantitative estimate of drug-likeness (QED) is 0.227. The number of rotatable bonds is 1. The Hall–Kier alpha value is -4.05. The minimum Gasteiger partial charge on any atom is -0.483 e. The Balaban J connectivity index is 1.52. The van der Waals surface area contributed by atoms with Gasteiger partial charge in [-0.25, -0.2) is 4.98 Å². The number of hydrogen-bond donors (Lipinski definition) is 0. The predicted molar refractivity (Wildman–Crippen MR) is 157 cm³/mol. The lowest BCUT2D eigenvalue weighted by Crippen LogP contribution is -2.13. The molecule has 4 heteroatoms. The molecule has 0 aliphatic carbocycles. The molecule has 3 heterocycles. The van der Waals surface area contributed by atoms with Crippen LogP contribution in [0, 0.1) is 0 Å². The number of fused-ring (bicyclic) bond motifs is 8. The Morgan fingerprint density at radius 2 is 1.29 bits per heavy atom. The van der Waals surface area contributed by atoms with Crippen molar-refractivity contribution in [1.82, 2.24) is 14.1 Å². The molecule has 0 N–H and O–H groups in total. The summed E-state index contributed by atoms with van der Waals surface area (Å²) >= 11 is 0. The zero-order valence-electron chi connectivity index (χ0n) is 23.0. The van der Waals surface area contributed by atoms with Gasteiger partial charge in [0.2, 0.25) is 0 Å².